The molecule has 1 heterocycles. The topological polar surface area (TPSA) is 72.2 Å². The largest absolute Gasteiger partial charge is 0.398 e. The number of nitrogen functional groups attached to an aromatic ring is 1. The van der Waals surface area contributed by atoms with Crippen LogP contribution in [0.5, 0.6) is 0 Å². The first-order valence-electron chi connectivity index (χ1n) is 5.02. The lowest BCUT2D eigenvalue weighted by molar-refractivity contribution is 0.599. The summed E-state index contributed by atoms with van der Waals surface area (Å²) in [5.41, 5.74) is 6.14. The minimum absolute atomic E-state index is 0.0564. The lowest BCUT2D eigenvalue weighted by Gasteiger charge is -2.08. The number of rotatable bonds is 3. The molecule has 96 valence electrons. The molecule has 2 aromatic rings. The molecule has 0 aliphatic carbocycles. The van der Waals surface area contributed by atoms with Gasteiger partial charge in [0.2, 0.25) is 0 Å². The summed E-state index contributed by atoms with van der Waals surface area (Å²) in [6.45, 7) is 1.57. The number of halogens is 1. The molecule has 18 heavy (non-hydrogen) atoms. The van der Waals surface area contributed by atoms with Crippen molar-refractivity contribution in [1.29, 1.82) is 0 Å². The van der Waals surface area contributed by atoms with E-state index in [1.807, 2.05) is 0 Å². The number of aryl methyl sites for hydroxylation is 1. The van der Waals surface area contributed by atoms with Gasteiger partial charge >= 0.3 is 0 Å². The van der Waals surface area contributed by atoms with Crippen molar-refractivity contribution in [1.82, 2.24) is 0 Å². The van der Waals surface area contributed by atoms with Gasteiger partial charge in [-0.05, 0) is 24.6 Å². The first-order chi connectivity index (χ1) is 8.40. The van der Waals surface area contributed by atoms with Crippen LogP contribution >= 0.6 is 11.3 Å². The van der Waals surface area contributed by atoms with E-state index in [9.17, 15) is 12.8 Å². The van der Waals surface area contributed by atoms with Crippen molar-refractivity contribution in [3.05, 3.63) is 41.0 Å². The highest BCUT2D eigenvalue weighted by molar-refractivity contribution is 7.94. The SMILES string of the molecule is Cc1cccc(NS(=O)(=O)c2cc(N)cs2)c1F. The molecule has 0 radical (unpaired) electrons. The highest BCUT2D eigenvalue weighted by atomic mass is 32.2. The second kappa shape index (κ2) is 4.58. The third-order valence-electron chi connectivity index (χ3n) is 2.30. The van der Waals surface area contributed by atoms with Crippen LogP contribution < -0.4 is 10.5 Å². The number of benzene rings is 1. The molecule has 0 fully saturated rings. The molecule has 0 spiro atoms. The van der Waals surface area contributed by atoms with Crippen molar-refractivity contribution >= 4 is 32.7 Å². The Labute approximate surface area is 108 Å². The molecule has 7 heteroatoms. The summed E-state index contributed by atoms with van der Waals surface area (Å²) >= 11 is 0.988. The van der Waals surface area contributed by atoms with E-state index in [1.165, 1.54) is 17.5 Å². The Kier molecular flexibility index (Phi) is 3.27. The summed E-state index contributed by atoms with van der Waals surface area (Å²) in [4.78, 5) is 0. The molecule has 0 atom stereocenters. The fraction of sp³-hybridized carbons (Fsp3) is 0.0909. The first-order valence-corrected chi connectivity index (χ1v) is 7.38. The second-order valence-corrected chi connectivity index (χ2v) is 6.56. The summed E-state index contributed by atoms with van der Waals surface area (Å²) in [5, 5.41) is 1.52. The number of anilines is 2. The van der Waals surface area contributed by atoms with Crippen LogP contribution in [0.4, 0.5) is 15.8 Å². The lowest BCUT2D eigenvalue weighted by atomic mass is 10.2. The van der Waals surface area contributed by atoms with Gasteiger partial charge in [0.1, 0.15) is 10.0 Å². The average Bonchev–Trinajstić information content (AvgIpc) is 2.72. The van der Waals surface area contributed by atoms with E-state index < -0.39 is 15.8 Å². The van der Waals surface area contributed by atoms with Crippen LogP contribution in [0.25, 0.3) is 0 Å². The van der Waals surface area contributed by atoms with Crippen LogP contribution in [0.15, 0.2) is 33.9 Å². The average molecular weight is 286 g/mol. The number of hydrogen-bond donors (Lipinski definition) is 2. The van der Waals surface area contributed by atoms with Gasteiger partial charge < -0.3 is 5.73 Å². The molecule has 0 amide bonds. The van der Waals surface area contributed by atoms with E-state index >= 15 is 0 Å². The van der Waals surface area contributed by atoms with Crippen LogP contribution in [0.3, 0.4) is 0 Å². The molecule has 0 bridgehead atoms. The van der Waals surface area contributed by atoms with E-state index in [0.717, 1.165) is 11.3 Å². The van der Waals surface area contributed by atoms with Crippen molar-refractivity contribution in [2.24, 2.45) is 0 Å². The zero-order valence-electron chi connectivity index (χ0n) is 9.48. The Morgan fingerprint density at radius 1 is 1.39 bits per heavy atom. The van der Waals surface area contributed by atoms with Gasteiger partial charge in [0, 0.05) is 11.1 Å². The van der Waals surface area contributed by atoms with Gasteiger partial charge in [0.05, 0.1) is 5.69 Å². The molecular weight excluding hydrogens is 275 g/mol. The molecule has 0 unspecified atom stereocenters. The van der Waals surface area contributed by atoms with E-state index in [-0.39, 0.29) is 9.90 Å². The van der Waals surface area contributed by atoms with Crippen LogP contribution in [-0.4, -0.2) is 8.42 Å². The van der Waals surface area contributed by atoms with Crippen LogP contribution in [0.1, 0.15) is 5.56 Å². The summed E-state index contributed by atoms with van der Waals surface area (Å²) in [6.07, 6.45) is 0. The monoisotopic (exact) mass is 286 g/mol. The third-order valence-corrected chi connectivity index (χ3v) is 5.12. The van der Waals surface area contributed by atoms with Gasteiger partial charge in [-0.15, -0.1) is 11.3 Å². The van der Waals surface area contributed by atoms with Gasteiger partial charge in [0.25, 0.3) is 10.0 Å². The van der Waals surface area contributed by atoms with E-state index in [0.29, 0.717) is 11.3 Å². The normalized spacial score (nSPS) is 11.4. The van der Waals surface area contributed by atoms with Gasteiger partial charge in [-0.3, -0.25) is 4.72 Å². The van der Waals surface area contributed by atoms with Crippen LogP contribution in [-0.2, 0) is 10.0 Å². The van der Waals surface area contributed by atoms with Gasteiger partial charge in [-0.1, -0.05) is 12.1 Å². The number of nitrogens with one attached hydrogen (secondary N) is 1. The van der Waals surface area contributed by atoms with Crippen molar-refractivity contribution in [2.45, 2.75) is 11.1 Å². The fourth-order valence-electron chi connectivity index (χ4n) is 1.39. The zero-order valence-corrected chi connectivity index (χ0v) is 11.1. The van der Waals surface area contributed by atoms with E-state index in [4.69, 9.17) is 5.73 Å². The minimum Gasteiger partial charge on any atom is -0.398 e. The predicted octanol–water partition coefficient (Wildman–Crippen LogP) is 2.58. The van der Waals surface area contributed by atoms with E-state index in [2.05, 4.69) is 4.72 Å². The van der Waals surface area contributed by atoms with Crippen molar-refractivity contribution in [2.75, 3.05) is 10.5 Å². The summed E-state index contributed by atoms with van der Waals surface area (Å²) < 4.78 is 39.9. The lowest BCUT2D eigenvalue weighted by Crippen LogP contribution is -2.13. The maximum absolute atomic E-state index is 13.7. The Morgan fingerprint density at radius 2 is 2.11 bits per heavy atom. The van der Waals surface area contributed by atoms with Crippen molar-refractivity contribution in [3.8, 4) is 0 Å². The molecule has 1 aromatic carbocycles. The fourth-order valence-corrected chi connectivity index (χ4v) is 3.53. The standard InChI is InChI=1S/C11H11FN2O2S2/c1-7-3-2-4-9(11(7)12)14-18(15,16)10-5-8(13)6-17-10/h2-6,14H,13H2,1H3. The molecule has 4 nitrogen and oxygen atoms in total. The Hall–Kier alpha value is -1.60. The van der Waals surface area contributed by atoms with Crippen molar-refractivity contribution in [3.63, 3.8) is 0 Å². The number of nitrogens with two attached hydrogens (primary N) is 1. The molecule has 0 saturated carbocycles. The van der Waals surface area contributed by atoms with Gasteiger partial charge in [0.15, 0.2) is 0 Å². The zero-order chi connectivity index (χ0) is 13.3. The Morgan fingerprint density at radius 3 is 2.72 bits per heavy atom. The minimum atomic E-state index is -3.78. The van der Waals surface area contributed by atoms with Crippen LogP contribution in [0.2, 0.25) is 0 Å². The van der Waals surface area contributed by atoms with Gasteiger partial charge in [-0.2, -0.15) is 0 Å². The summed E-state index contributed by atoms with van der Waals surface area (Å²) in [7, 11) is -3.78. The highest BCUT2D eigenvalue weighted by Gasteiger charge is 2.18. The molecular formula is C11H11FN2O2S2. The predicted molar refractivity (Wildman–Crippen MR) is 70.7 cm³/mol. The maximum atomic E-state index is 13.7. The summed E-state index contributed by atoms with van der Waals surface area (Å²) in [5.74, 6) is -0.578. The molecule has 1 aromatic heterocycles. The quantitative estimate of drug-likeness (QED) is 0.911. The second-order valence-electron chi connectivity index (χ2n) is 3.74. The first kappa shape index (κ1) is 12.8. The number of hydrogen-bond acceptors (Lipinski definition) is 4. The number of thiophene rings is 1. The van der Waals surface area contributed by atoms with Gasteiger partial charge in [-0.25, -0.2) is 12.8 Å². The number of sulfonamides is 1. The third kappa shape index (κ3) is 2.46. The van der Waals surface area contributed by atoms with Crippen LogP contribution in [0, 0.1) is 12.7 Å². The molecule has 0 aliphatic heterocycles. The van der Waals surface area contributed by atoms with E-state index in [1.54, 1.807) is 19.1 Å². The molecule has 2 rings (SSSR count). The Balaban J connectivity index is 2.37. The molecule has 0 aliphatic rings. The Bertz CT molecular complexity index is 680. The smallest absolute Gasteiger partial charge is 0.271 e. The molecule has 3 N–H and O–H groups in total. The van der Waals surface area contributed by atoms with Crippen molar-refractivity contribution < 1.29 is 12.8 Å². The molecule has 0 saturated heterocycles. The maximum Gasteiger partial charge on any atom is 0.271 e. The highest BCUT2D eigenvalue weighted by Crippen LogP contribution is 2.25. The summed E-state index contributed by atoms with van der Waals surface area (Å²) in [6, 6.07) is 5.85.